The SMILES string of the molecule is CN=C(NCc1cccc(OC)n1)N(C)Cc1cn(C)nc1C(C)C.I. The molecule has 144 valence electrons. The average Bonchev–Trinajstić information content (AvgIpc) is 2.96. The van der Waals surface area contributed by atoms with Crippen LogP contribution in [0.2, 0.25) is 0 Å². The van der Waals surface area contributed by atoms with Crippen LogP contribution in [0.25, 0.3) is 0 Å². The van der Waals surface area contributed by atoms with Crippen LogP contribution < -0.4 is 10.1 Å². The van der Waals surface area contributed by atoms with Crippen molar-refractivity contribution in [1.29, 1.82) is 0 Å². The highest BCUT2D eigenvalue weighted by molar-refractivity contribution is 14.0. The van der Waals surface area contributed by atoms with Gasteiger partial charge in [0.1, 0.15) is 0 Å². The Morgan fingerprint density at radius 2 is 2.12 bits per heavy atom. The number of aromatic nitrogens is 3. The molecule has 2 heterocycles. The summed E-state index contributed by atoms with van der Waals surface area (Å²) in [6, 6.07) is 5.72. The molecule has 0 radical (unpaired) electrons. The molecule has 0 saturated carbocycles. The molecule has 2 aromatic heterocycles. The molecule has 0 atom stereocenters. The van der Waals surface area contributed by atoms with Gasteiger partial charge in [0.2, 0.25) is 5.88 Å². The van der Waals surface area contributed by atoms with Gasteiger partial charge in [-0.2, -0.15) is 5.10 Å². The minimum Gasteiger partial charge on any atom is -0.481 e. The van der Waals surface area contributed by atoms with Crippen molar-refractivity contribution in [3.8, 4) is 5.88 Å². The fourth-order valence-corrected chi connectivity index (χ4v) is 2.72. The smallest absolute Gasteiger partial charge is 0.213 e. The number of aliphatic imine (C=N–C) groups is 1. The molecule has 1 N–H and O–H groups in total. The lowest BCUT2D eigenvalue weighted by atomic mass is 10.1. The predicted molar refractivity (Wildman–Crippen MR) is 115 cm³/mol. The Labute approximate surface area is 172 Å². The lowest BCUT2D eigenvalue weighted by molar-refractivity contribution is 0.396. The molecule has 2 aromatic rings. The fourth-order valence-electron chi connectivity index (χ4n) is 2.72. The monoisotopic (exact) mass is 472 g/mol. The van der Waals surface area contributed by atoms with E-state index in [0.717, 1.165) is 23.9 Å². The zero-order valence-electron chi connectivity index (χ0n) is 16.4. The summed E-state index contributed by atoms with van der Waals surface area (Å²) in [7, 11) is 7.37. The maximum absolute atomic E-state index is 5.16. The summed E-state index contributed by atoms with van der Waals surface area (Å²) in [5, 5.41) is 7.91. The maximum atomic E-state index is 5.16. The van der Waals surface area contributed by atoms with E-state index in [-0.39, 0.29) is 24.0 Å². The number of hydrogen-bond donors (Lipinski definition) is 1. The number of aryl methyl sites for hydroxylation is 1. The largest absolute Gasteiger partial charge is 0.481 e. The zero-order chi connectivity index (χ0) is 18.4. The number of halogens is 1. The molecule has 0 amide bonds. The molecule has 0 unspecified atom stereocenters. The number of nitrogens with zero attached hydrogens (tertiary/aromatic N) is 5. The number of rotatable bonds is 6. The van der Waals surface area contributed by atoms with E-state index in [4.69, 9.17) is 4.74 Å². The van der Waals surface area contributed by atoms with E-state index in [1.54, 1.807) is 14.2 Å². The van der Waals surface area contributed by atoms with Gasteiger partial charge < -0.3 is 15.0 Å². The average molecular weight is 472 g/mol. The van der Waals surface area contributed by atoms with Crippen LogP contribution in [0.1, 0.15) is 36.7 Å². The van der Waals surface area contributed by atoms with Crippen LogP contribution in [-0.2, 0) is 20.1 Å². The standard InChI is InChI=1S/C18H28N6O.HI/c1-13(2)17-14(12-24(5)22-17)11-23(4)18(19-3)20-10-15-8-7-9-16(21-15)25-6;/h7-9,12-13H,10-11H2,1-6H3,(H,19,20);1H. The van der Waals surface area contributed by atoms with Crippen molar-refractivity contribution in [2.75, 3.05) is 21.2 Å². The second-order valence-electron chi connectivity index (χ2n) is 6.30. The molecule has 7 nitrogen and oxygen atoms in total. The molecule has 0 spiro atoms. The van der Waals surface area contributed by atoms with Gasteiger partial charge in [-0.15, -0.1) is 24.0 Å². The summed E-state index contributed by atoms with van der Waals surface area (Å²) in [5.41, 5.74) is 3.24. The van der Waals surface area contributed by atoms with Gasteiger partial charge in [-0.1, -0.05) is 19.9 Å². The lowest BCUT2D eigenvalue weighted by Crippen LogP contribution is -2.38. The van der Waals surface area contributed by atoms with Crippen LogP contribution in [-0.4, -0.2) is 46.8 Å². The number of pyridine rings is 1. The van der Waals surface area contributed by atoms with Gasteiger partial charge in [0, 0.05) is 45.5 Å². The van der Waals surface area contributed by atoms with Crippen LogP contribution in [0, 0.1) is 0 Å². The minimum atomic E-state index is 0. The summed E-state index contributed by atoms with van der Waals surface area (Å²) < 4.78 is 7.03. The minimum absolute atomic E-state index is 0. The second-order valence-corrected chi connectivity index (χ2v) is 6.30. The molecule has 0 aliphatic rings. The van der Waals surface area contributed by atoms with Gasteiger partial charge >= 0.3 is 0 Å². The molecule has 0 bridgehead atoms. The van der Waals surface area contributed by atoms with E-state index in [1.807, 2.05) is 37.0 Å². The van der Waals surface area contributed by atoms with E-state index in [1.165, 1.54) is 5.56 Å². The third-order valence-electron chi connectivity index (χ3n) is 3.88. The summed E-state index contributed by atoms with van der Waals surface area (Å²) in [5.74, 6) is 1.81. The quantitative estimate of drug-likeness (QED) is 0.398. The normalized spacial score (nSPS) is 11.3. The van der Waals surface area contributed by atoms with Crippen molar-refractivity contribution in [2.45, 2.75) is 32.9 Å². The molecule has 0 saturated heterocycles. The Morgan fingerprint density at radius 1 is 1.38 bits per heavy atom. The number of methoxy groups -OCH3 is 1. The van der Waals surface area contributed by atoms with Crippen LogP contribution in [0.4, 0.5) is 0 Å². The van der Waals surface area contributed by atoms with Crippen LogP contribution in [0.3, 0.4) is 0 Å². The summed E-state index contributed by atoms with van der Waals surface area (Å²) in [4.78, 5) is 10.9. The Bertz CT molecular complexity index is 728. The van der Waals surface area contributed by atoms with Gasteiger partial charge in [-0.3, -0.25) is 9.67 Å². The van der Waals surface area contributed by atoms with Crippen molar-refractivity contribution in [3.63, 3.8) is 0 Å². The first-order valence-corrected chi connectivity index (χ1v) is 8.38. The Hall–Kier alpha value is -1.84. The number of nitrogens with one attached hydrogen (secondary N) is 1. The molecule has 0 aliphatic heterocycles. The van der Waals surface area contributed by atoms with Crippen molar-refractivity contribution < 1.29 is 4.74 Å². The van der Waals surface area contributed by atoms with Gasteiger partial charge in [0.15, 0.2) is 5.96 Å². The van der Waals surface area contributed by atoms with Gasteiger partial charge in [-0.25, -0.2) is 4.98 Å². The maximum Gasteiger partial charge on any atom is 0.213 e. The third kappa shape index (κ3) is 5.86. The summed E-state index contributed by atoms with van der Waals surface area (Å²) in [6.07, 6.45) is 2.07. The molecule has 0 aliphatic carbocycles. The van der Waals surface area contributed by atoms with Gasteiger partial charge in [-0.05, 0) is 12.0 Å². The molecular formula is C18H29IN6O. The summed E-state index contributed by atoms with van der Waals surface area (Å²) >= 11 is 0. The van der Waals surface area contributed by atoms with E-state index >= 15 is 0 Å². The van der Waals surface area contributed by atoms with Gasteiger partial charge in [0.05, 0.1) is 25.0 Å². The Balaban J connectivity index is 0.00000338. The molecular weight excluding hydrogens is 443 g/mol. The first-order chi connectivity index (χ1) is 11.9. The number of hydrogen-bond acceptors (Lipinski definition) is 4. The number of guanidine groups is 1. The first-order valence-electron chi connectivity index (χ1n) is 8.38. The topological polar surface area (TPSA) is 67.6 Å². The van der Waals surface area contributed by atoms with E-state index in [9.17, 15) is 0 Å². The molecule has 8 heteroatoms. The van der Waals surface area contributed by atoms with Gasteiger partial charge in [0.25, 0.3) is 0 Å². The van der Waals surface area contributed by atoms with Crippen molar-refractivity contribution in [3.05, 3.63) is 41.3 Å². The molecule has 26 heavy (non-hydrogen) atoms. The van der Waals surface area contributed by atoms with E-state index in [0.29, 0.717) is 18.3 Å². The highest BCUT2D eigenvalue weighted by Crippen LogP contribution is 2.18. The lowest BCUT2D eigenvalue weighted by Gasteiger charge is -2.22. The van der Waals surface area contributed by atoms with Crippen molar-refractivity contribution >= 4 is 29.9 Å². The highest BCUT2D eigenvalue weighted by atomic mass is 127. The van der Waals surface area contributed by atoms with Crippen LogP contribution in [0.15, 0.2) is 29.4 Å². The highest BCUT2D eigenvalue weighted by Gasteiger charge is 2.15. The molecule has 2 rings (SSSR count). The fraction of sp³-hybridized carbons (Fsp3) is 0.500. The first kappa shape index (κ1) is 22.2. The second kappa shape index (κ2) is 10.3. The van der Waals surface area contributed by atoms with E-state index in [2.05, 4.69) is 45.3 Å². The van der Waals surface area contributed by atoms with Crippen molar-refractivity contribution in [1.82, 2.24) is 25.0 Å². The molecule has 0 aromatic carbocycles. The Morgan fingerprint density at radius 3 is 2.73 bits per heavy atom. The summed E-state index contributed by atoms with van der Waals surface area (Å²) in [6.45, 7) is 5.64. The van der Waals surface area contributed by atoms with Crippen molar-refractivity contribution in [2.24, 2.45) is 12.0 Å². The van der Waals surface area contributed by atoms with Crippen LogP contribution >= 0.6 is 24.0 Å². The third-order valence-corrected chi connectivity index (χ3v) is 3.88. The predicted octanol–water partition coefficient (Wildman–Crippen LogP) is 2.77. The molecule has 0 fully saturated rings. The Kier molecular flexibility index (Phi) is 8.83. The number of ether oxygens (including phenoxy) is 1. The van der Waals surface area contributed by atoms with E-state index < -0.39 is 0 Å². The van der Waals surface area contributed by atoms with Crippen LogP contribution in [0.5, 0.6) is 5.88 Å². The zero-order valence-corrected chi connectivity index (χ0v) is 18.7.